The van der Waals surface area contributed by atoms with Crippen LogP contribution < -0.4 is 14.8 Å². The van der Waals surface area contributed by atoms with E-state index in [1.165, 1.54) is 18.2 Å². The van der Waals surface area contributed by atoms with Crippen LogP contribution in [0.4, 0.5) is 5.69 Å². The van der Waals surface area contributed by atoms with Crippen LogP contribution in [0.25, 0.3) is 22.6 Å². The van der Waals surface area contributed by atoms with E-state index in [-0.39, 0.29) is 0 Å². The van der Waals surface area contributed by atoms with Crippen molar-refractivity contribution in [1.82, 2.24) is 9.56 Å². The zero-order valence-corrected chi connectivity index (χ0v) is 13.7. The summed E-state index contributed by atoms with van der Waals surface area (Å²) >= 11 is 0. The summed E-state index contributed by atoms with van der Waals surface area (Å²) in [6, 6.07) is 12.6. The zero-order valence-electron chi connectivity index (χ0n) is 13.7. The van der Waals surface area contributed by atoms with Crippen molar-refractivity contribution >= 4 is 16.8 Å². The highest BCUT2D eigenvalue weighted by atomic mass is 16.3. The Morgan fingerprint density at radius 1 is 1.13 bits per heavy atom. The number of fused-ring (bicyclic) bond motifs is 2. The number of rotatable bonds is 2. The highest BCUT2D eigenvalue weighted by Gasteiger charge is 2.16. The Labute approximate surface area is 136 Å². The van der Waals surface area contributed by atoms with Gasteiger partial charge in [0.1, 0.15) is 24.3 Å². The summed E-state index contributed by atoms with van der Waals surface area (Å²) in [5.74, 6) is 0.859. The van der Waals surface area contributed by atoms with Crippen molar-refractivity contribution in [3.63, 3.8) is 0 Å². The van der Waals surface area contributed by atoms with E-state index in [1.54, 1.807) is 0 Å². The van der Waals surface area contributed by atoms with E-state index >= 15 is 0 Å². The fraction of sp³-hybridized carbons (Fsp3) is 0.368. The molecule has 0 amide bonds. The van der Waals surface area contributed by atoms with Gasteiger partial charge in [-0.3, -0.25) is 0 Å². The molecule has 23 heavy (non-hydrogen) atoms. The van der Waals surface area contributed by atoms with Gasteiger partial charge in [-0.05, 0) is 25.1 Å². The first-order chi connectivity index (χ1) is 11.2. The maximum atomic E-state index is 6.17. The minimum absolute atomic E-state index is 0.842. The van der Waals surface area contributed by atoms with Gasteiger partial charge in [-0.2, -0.15) is 0 Å². The Hall–Kier alpha value is -2.36. The number of aromatic nitrogens is 1. The van der Waals surface area contributed by atoms with E-state index in [2.05, 4.69) is 53.8 Å². The monoisotopic (exact) mass is 308 g/mol. The maximum absolute atomic E-state index is 6.17. The van der Waals surface area contributed by atoms with E-state index in [1.807, 2.05) is 6.07 Å². The molecular formula is C19H22N3O+. The second kappa shape index (κ2) is 5.69. The summed E-state index contributed by atoms with van der Waals surface area (Å²) in [5, 5.41) is 1.24. The quantitative estimate of drug-likeness (QED) is 0.539. The second-order valence-electron chi connectivity index (χ2n) is 6.23. The normalized spacial score (nSPS) is 14.8. The van der Waals surface area contributed by atoms with Gasteiger partial charge in [0.25, 0.3) is 0 Å². The Balaban J connectivity index is 1.90. The molecule has 0 spiro atoms. The van der Waals surface area contributed by atoms with Crippen molar-refractivity contribution in [2.24, 2.45) is 0 Å². The Morgan fingerprint density at radius 2 is 1.96 bits per heavy atom. The molecule has 2 aliphatic heterocycles. The molecule has 4 heteroatoms. The van der Waals surface area contributed by atoms with Crippen molar-refractivity contribution in [2.45, 2.75) is 19.8 Å². The Morgan fingerprint density at radius 3 is 2.74 bits per heavy atom. The van der Waals surface area contributed by atoms with Crippen LogP contribution in [0.5, 0.6) is 0 Å². The molecule has 0 bridgehead atoms. The van der Waals surface area contributed by atoms with Crippen LogP contribution in [0.2, 0.25) is 0 Å². The standard InChI is InChI=1S/C19H22N3O/c1-3-21(2)14-6-8-16-18(12-14)23-19-13-15(7-9-17(19)20-16)22-10-4-5-11-22/h6-9,12-13H,3-5,10-11H2,1-2H3/q+1. The minimum Gasteiger partial charge on any atom is -0.452 e. The van der Waals surface area contributed by atoms with Crippen LogP contribution in [-0.4, -0.2) is 31.7 Å². The molecule has 1 fully saturated rings. The first kappa shape index (κ1) is 14.2. The molecule has 0 unspecified atom stereocenters. The van der Waals surface area contributed by atoms with Gasteiger partial charge in [0, 0.05) is 44.3 Å². The van der Waals surface area contributed by atoms with Crippen LogP contribution >= 0.6 is 0 Å². The second-order valence-corrected chi connectivity index (χ2v) is 6.23. The highest BCUT2D eigenvalue weighted by Crippen LogP contribution is 2.26. The molecule has 118 valence electrons. The lowest BCUT2D eigenvalue weighted by Crippen LogP contribution is -2.26. The van der Waals surface area contributed by atoms with Gasteiger partial charge in [-0.1, -0.05) is 0 Å². The summed E-state index contributed by atoms with van der Waals surface area (Å²) in [4.78, 5) is 6.94. The highest BCUT2D eigenvalue weighted by molar-refractivity contribution is 5.80. The van der Waals surface area contributed by atoms with Crippen molar-refractivity contribution in [2.75, 3.05) is 31.6 Å². The number of anilines is 1. The number of hydrogen-bond acceptors (Lipinski definition) is 3. The topological polar surface area (TPSA) is 32.3 Å². The lowest BCUT2D eigenvalue weighted by atomic mass is 10.2. The van der Waals surface area contributed by atoms with Crippen LogP contribution in [0.1, 0.15) is 19.8 Å². The van der Waals surface area contributed by atoms with Crippen LogP contribution in [-0.2, 0) is 0 Å². The Bertz CT molecular complexity index is 889. The molecule has 4 nitrogen and oxygen atoms in total. The molecular weight excluding hydrogens is 286 g/mol. The summed E-state index contributed by atoms with van der Waals surface area (Å²) < 4.78 is 8.58. The van der Waals surface area contributed by atoms with Gasteiger partial charge in [-0.25, -0.2) is 9.56 Å². The van der Waals surface area contributed by atoms with Gasteiger partial charge in [0.05, 0.1) is 6.07 Å². The number of nitrogens with zero attached hydrogens (tertiary/aromatic N) is 3. The van der Waals surface area contributed by atoms with Crippen molar-refractivity contribution in [3.05, 3.63) is 41.8 Å². The molecule has 0 N–H and O–H groups in total. The van der Waals surface area contributed by atoms with Crippen molar-refractivity contribution in [1.29, 1.82) is 0 Å². The first-order valence-corrected chi connectivity index (χ1v) is 8.38. The molecule has 2 heterocycles. The van der Waals surface area contributed by atoms with Crippen molar-refractivity contribution < 1.29 is 4.42 Å². The van der Waals surface area contributed by atoms with Crippen LogP contribution in [0, 0.1) is 0 Å². The van der Waals surface area contributed by atoms with E-state index in [0.29, 0.717) is 0 Å². The molecule has 3 aliphatic rings. The molecule has 0 aromatic heterocycles. The molecule has 0 atom stereocenters. The largest absolute Gasteiger partial charge is 0.452 e. The third-order valence-electron chi connectivity index (χ3n) is 4.73. The van der Waals surface area contributed by atoms with Gasteiger partial charge in [0.2, 0.25) is 5.36 Å². The third kappa shape index (κ3) is 2.58. The lowest BCUT2D eigenvalue weighted by Gasteiger charge is -2.17. The van der Waals surface area contributed by atoms with Crippen molar-refractivity contribution in [3.8, 4) is 11.5 Å². The van der Waals surface area contributed by atoms with Gasteiger partial charge in [-0.15, -0.1) is 0 Å². The summed E-state index contributed by atoms with van der Waals surface area (Å²) in [5.41, 5.74) is 3.81. The summed E-state index contributed by atoms with van der Waals surface area (Å²) in [6.07, 6.45) is 2.55. The smallest absolute Gasteiger partial charge is 0.203 e. The predicted molar refractivity (Wildman–Crippen MR) is 93.8 cm³/mol. The number of hydrogen-bond donors (Lipinski definition) is 0. The molecule has 0 saturated carbocycles. The fourth-order valence-corrected chi connectivity index (χ4v) is 3.19. The zero-order chi connectivity index (χ0) is 15.8. The van der Waals surface area contributed by atoms with E-state index < -0.39 is 0 Å². The van der Waals surface area contributed by atoms with Crippen LogP contribution in [0.15, 0.2) is 40.8 Å². The lowest BCUT2D eigenvalue weighted by molar-refractivity contribution is 0.608. The van der Waals surface area contributed by atoms with Gasteiger partial charge >= 0.3 is 0 Å². The summed E-state index contributed by atoms with van der Waals surface area (Å²) in [7, 11) is 2.08. The van der Waals surface area contributed by atoms with E-state index in [9.17, 15) is 0 Å². The van der Waals surface area contributed by atoms with Gasteiger partial charge in [0.15, 0.2) is 11.3 Å². The minimum atomic E-state index is 0.842. The van der Waals surface area contributed by atoms with E-state index in [4.69, 9.17) is 9.40 Å². The molecule has 0 radical (unpaired) electrons. The Kier molecular flexibility index (Phi) is 3.52. The molecule has 1 aromatic rings. The molecule has 1 saturated heterocycles. The predicted octanol–water partition coefficient (Wildman–Crippen LogP) is 2.95. The first-order valence-electron chi connectivity index (χ1n) is 8.38. The van der Waals surface area contributed by atoms with Crippen LogP contribution in [0.3, 0.4) is 0 Å². The molecule has 4 rings (SSSR count). The average molecular weight is 308 g/mol. The average Bonchev–Trinajstić information content (AvgIpc) is 3.13. The number of benzene rings is 2. The molecule has 1 aromatic carbocycles. The third-order valence-corrected chi connectivity index (χ3v) is 4.73. The maximum Gasteiger partial charge on any atom is 0.203 e. The molecule has 1 aliphatic carbocycles. The van der Waals surface area contributed by atoms with Gasteiger partial charge < -0.3 is 9.32 Å². The van der Waals surface area contributed by atoms with E-state index in [0.717, 1.165) is 47.9 Å². The SMILES string of the molecule is CCN(C)c1ccc2nc3ccc(=[N+]4CCCC4)cc-3oc2c1. The fourth-order valence-electron chi connectivity index (χ4n) is 3.19. The summed E-state index contributed by atoms with van der Waals surface area (Å²) in [6.45, 7) is 5.38.